The summed E-state index contributed by atoms with van der Waals surface area (Å²) in [6, 6.07) is 5.93. The second kappa shape index (κ2) is 4.89. The Kier molecular flexibility index (Phi) is 3.49. The number of aromatic nitrogens is 2. The summed E-state index contributed by atoms with van der Waals surface area (Å²) in [6.07, 6.45) is 0. The van der Waals surface area contributed by atoms with E-state index < -0.39 is 0 Å². The zero-order valence-corrected chi connectivity index (χ0v) is 11.3. The number of H-pyrrole nitrogens is 1. The van der Waals surface area contributed by atoms with Gasteiger partial charge in [0.2, 0.25) is 0 Å². The fraction of sp³-hybridized carbons (Fsp3) is 0.250. The first-order valence-corrected chi connectivity index (χ1v) is 6.04. The number of benzene rings is 1. The molecule has 0 fully saturated rings. The highest BCUT2D eigenvalue weighted by molar-refractivity contribution is 9.10. The zero-order chi connectivity index (χ0) is 12.4. The second-order valence-electron chi connectivity index (χ2n) is 3.72. The van der Waals surface area contributed by atoms with Crippen molar-refractivity contribution < 1.29 is 4.74 Å². The Morgan fingerprint density at radius 1 is 1.47 bits per heavy atom. The van der Waals surface area contributed by atoms with Crippen molar-refractivity contribution in [2.24, 2.45) is 5.73 Å². The lowest BCUT2D eigenvalue weighted by Crippen LogP contribution is -1.98. The van der Waals surface area contributed by atoms with Crippen LogP contribution in [0.15, 0.2) is 22.7 Å². The summed E-state index contributed by atoms with van der Waals surface area (Å²) in [5, 5.41) is 7.14. The smallest absolute Gasteiger partial charge is 0.133 e. The third-order valence-corrected chi connectivity index (χ3v) is 3.28. The minimum absolute atomic E-state index is 0.420. The van der Waals surface area contributed by atoms with E-state index in [2.05, 4.69) is 26.1 Å². The Morgan fingerprint density at radius 3 is 2.82 bits per heavy atom. The highest BCUT2D eigenvalue weighted by Crippen LogP contribution is 2.32. The van der Waals surface area contributed by atoms with Gasteiger partial charge in [-0.2, -0.15) is 5.10 Å². The van der Waals surface area contributed by atoms with Crippen molar-refractivity contribution in [1.29, 1.82) is 0 Å². The average molecular weight is 296 g/mol. The van der Waals surface area contributed by atoms with Crippen LogP contribution >= 0.6 is 15.9 Å². The third kappa shape index (κ3) is 2.21. The van der Waals surface area contributed by atoms with E-state index in [4.69, 9.17) is 10.5 Å². The van der Waals surface area contributed by atoms with Crippen molar-refractivity contribution in [3.63, 3.8) is 0 Å². The van der Waals surface area contributed by atoms with Crippen LogP contribution in [0.2, 0.25) is 0 Å². The molecule has 0 spiro atoms. The van der Waals surface area contributed by atoms with Crippen molar-refractivity contribution in [1.82, 2.24) is 10.2 Å². The molecule has 17 heavy (non-hydrogen) atoms. The molecule has 5 heteroatoms. The molecule has 1 aromatic carbocycles. The molecule has 4 nitrogen and oxygen atoms in total. The van der Waals surface area contributed by atoms with Crippen LogP contribution in [-0.4, -0.2) is 17.3 Å². The number of hydrogen-bond acceptors (Lipinski definition) is 3. The second-order valence-corrected chi connectivity index (χ2v) is 4.58. The van der Waals surface area contributed by atoms with Crippen LogP contribution in [0.4, 0.5) is 0 Å². The molecule has 0 bridgehead atoms. The van der Waals surface area contributed by atoms with E-state index in [-0.39, 0.29) is 0 Å². The third-order valence-electron chi connectivity index (χ3n) is 2.66. The first kappa shape index (κ1) is 12.1. The van der Waals surface area contributed by atoms with Gasteiger partial charge in [0.25, 0.3) is 0 Å². The molecular formula is C12H14BrN3O. The minimum atomic E-state index is 0.420. The number of nitrogens with two attached hydrogens (primary N) is 1. The monoisotopic (exact) mass is 295 g/mol. The summed E-state index contributed by atoms with van der Waals surface area (Å²) in [7, 11) is 1.65. The van der Waals surface area contributed by atoms with Gasteiger partial charge in [0.15, 0.2) is 0 Å². The van der Waals surface area contributed by atoms with Crippen LogP contribution in [0, 0.1) is 6.92 Å². The van der Waals surface area contributed by atoms with E-state index in [9.17, 15) is 0 Å². The van der Waals surface area contributed by atoms with Gasteiger partial charge in [0.1, 0.15) is 5.75 Å². The normalized spacial score (nSPS) is 10.6. The van der Waals surface area contributed by atoms with E-state index in [1.54, 1.807) is 7.11 Å². The molecule has 1 heterocycles. The summed E-state index contributed by atoms with van der Waals surface area (Å²) in [5.74, 6) is 0.809. The lowest BCUT2D eigenvalue weighted by atomic mass is 10.0. The fourth-order valence-corrected chi connectivity index (χ4v) is 2.37. The average Bonchev–Trinajstić information content (AvgIpc) is 2.70. The van der Waals surface area contributed by atoms with Gasteiger partial charge in [-0.1, -0.05) is 6.07 Å². The number of halogens is 1. The lowest BCUT2D eigenvalue weighted by Gasteiger charge is -2.07. The topological polar surface area (TPSA) is 63.9 Å². The number of aryl methyl sites for hydroxylation is 1. The molecule has 1 aromatic heterocycles. The molecule has 90 valence electrons. The largest absolute Gasteiger partial charge is 0.496 e. The highest BCUT2D eigenvalue weighted by atomic mass is 79.9. The number of nitrogens with zero attached hydrogens (tertiary/aromatic N) is 1. The SMILES string of the molecule is COc1ccc(-c2c(CN)n[nH]c2C)cc1Br. The van der Waals surface area contributed by atoms with E-state index in [1.807, 2.05) is 25.1 Å². The lowest BCUT2D eigenvalue weighted by molar-refractivity contribution is 0.412. The number of nitrogens with one attached hydrogen (secondary N) is 1. The van der Waals surface area contributed by atoms with Crippen LogP contribution in [0.3, 0.4) is 0 Å². The van der Waals surface area contributed by atoms with Crippen molar-refractivity contribution in [2.45, 2.75) is 13.5 Å². The van der Waals surface area contributed by atoms with Crippen LogP contribution in [0.5, 0.6) is 5.75 Å². The Hall–Kier alpha value is -1.33. The summed E-state index contributed by atoms with van der Waals surface area (Å²) < 4.78 is 6.13. The molecule has 2 aromatic rings. The van der Waals surface area contributed by atoms with Crippen molar-refractivity contribution >= 4 is 15.9 Å². The molecular weight excluding hydrogens is 282 g/mol. The molecule has 0 radical (unpaired) electrons. The highest BCUT2D eigenvalue weighted by Gasteiger charge is 2.12. The van der Waals surface area contributed by atoms with Gasteiger partial charge in [-0.15, -0.1) is 0 Å². The minimum Gasteiger partial charge on any atom is -0.496 e. The molecule has 3 N–H and O–H groups in total. The standard InChI is InChI=1S/C12H14BrN3O/c1-7-12(10(6-14)16-15-7)8-3-4-11(17-2)9(13)5-8/h3-5H,6,14H2,1-2H3,(H,15,16). The quantitative estimate of drug-likeness (QED) is 0.915. The molecule has 0 aliphatic heterocycles. The molecule has 0 unspecified atom stereocenters. The maximum Gasteiger partial charge on any atom is 0.133 e. The Morgan fingerprint density at radius 2 is 2.24 bits per heavy atom. The number of aromatic amines is 1. The first-order chi connectivity index (χ1) is 8.17. The zero-order valence-electron chi connectivity index (χ0n) is 9.75. The summed E-state index contributed by atoms with van der Waals surface area (Å²) in [5.41, 5.74) is 9.71. The van der Waals surface area contributed by atoms with Gasteiger partial charge in [0.05, 0.1) is 17.3 Å². The van der Waals surface area contributed by atoms with Gasteiger partial charge in [-0.3, -0.25) is 5.10 Å². The van der Waals surface area contributed by atoms with Crippen molar-refractivity contribution in [3.8, 4) is 16.9 Å². The van der Waals surface area contributed by atoms with E-state index >= 15 is 0 Å². The fourth-order valence-electron chi connectivity index (χ4n) is 1.83. The number of ether oxygens (including phenoxy) is 1. The van der Waals surface area contributed by atoms with Gasteiger partial charge in [-0.05, 0) is 40.5 Å². The van der Waals surface area contributed by atoms with Crippen LogP contribution in [0.1, 0.15) is 11.4 Å². The van der Waals surface area contributed by atoms with Crippen molar-refractivity contribution in [3.05, 3.63) is 34.1 Å². The molecule has 0 aliphatic rings. The summed E-state index contributed by atoms with van der Waals surface area (Å²) in [6.45, 7) is 2.41. The van der Waals surface area contributed by atoms with E-state index in [0.29, 0.717) is 6.54 Å². The van der Waals surface area contributed by atoms with Crippen molar-refractivity contribution in [2.75, 3.05) is 7.11 Å². The Bertz CT molecular complexity index is 537. The molecule has 0 saturated carbocycles. The molecule has 0 saturated heterocycles. The van der Waals surface area contributed by atoms with Gasteiger partial charge in [-0.25, -0.2) is 0 Å². The predicted molar refractivity (Wildman–Crippen MR) is 70.9 cm³/mol. The number of methoxy groups -OCH3 is 1. The van der Waals surface area contributed by atoms with Crippen LogP contribution < -0.4 is 10.5 Å². The summed E-state index contributed by atoms with van der Waals surface area (Å²) in [4.78, 5) is 0. The maximum absolute atomic E-state index is 5.68. The molecule has 0 atom stereocenters. The van der Waals surface area contributed by atoms with Crippen LogP contribution in [-0.2, 0) is 6.54 Å². The number of rotatable bonds is 3. The predicted octanol–water partition coefficient (Wildman–Crippen LogP) is 2.61. The molecule has 0 aliphatic carbocycles. The van der Waals surface area contributed by atoms with Crippen LogP contribution in [0.25, 0.3) is 11.1 Å². The maximum atomic E-state index is 5.68. The number of hydrogen-bond donors (Lipinski definition) is 2. The Balaban J connectivity index is 2.53. The first-order valence-electron chi connectivity index (χ1n) is 5.25. The molecule has 0 amide bonds. The van der Waals surface area contributed by atoms with Gasteiger partial charge >= 0.3 is 0 Å². The van der Waals surface area contributed by atoms with Gasteiger partial charge < -0.3 is 10.5 Å². The van der Waals surface area contributed by atoms with E-state index in [0.717, 1.165) is 32.7 Å². The van der Waals surface area contributed by atoms with Gasteiger partial charge in [0, 0.05) is 17.8 Å². The molecule has 2 rings (SSSR count). The summed E-state index contributed by atoms with van der Waals surface area (Å²) >= 11 is 3.48. The van der Waals surface area contributed by atoms with E-state index in [1.165, 1.54) is 0 Å². The Labute approximate surface area is 108 Å².